The van der Waals surface area contributed by atoms with Gasteiger partial charge in [0.1, 0.15) is 6.61 Å². The molecule has 0 aromatic heterocycles. The second kappa shape index (κ2) is 4.85. The summed E-state index contributed by atoms with van der Waals surface area (Å²) < 4.78 is 11.4. The Kier molecular flexibility index (Phi) is 2.89. The van der Waals surface area contributed by atoms with Crippen molar-refractivity contribution in [3.63, 3.8) is 0 Å². The first-order valence-electron chi connectivity index (χ1n) is 5.87. The molecule has 0 N–H and O–H groups in total. The molecule has 0 bridgehead atoms. The minimum atomic E-state index is -0.208. The van der Waals surface area contributed by atoms with Crippen LogP contribution in [-0.2, 0) is 0 Å². The van der Waals surface area contributed by atoms with Gasteiger partial charge in [0.05, 0.1) is 0 Å². The van der Waals surface area contributed by atoms with Gasteiger partial charge in [-0.15, -0.1) is 0 Å². The van der Waals surface area contributed by atoms with E-state index in [1.54, 1.807) is 0 Å². The zero-order valence-electron chi connectivity index (χ0n) is 9.80. The summed E-state index contributed by atoms with van der Waals surface area (Å²) in [4.78, 5) is 0. The second-order valence-corrected chi connectivity index (χ2v) is 4.00. The van der Waals surface area contributed by atoms with Crippen molar-refractivity contribution in [2.75, 3.05) is 6.61 Å². The first kappa shape index (κ1) is 10.7. The summed E-state index contributed by atoms with van der Waals surface area (Å²) in [6, 6.07) is 17.5. The van der Waals surface area contributed by atoms with Crippen molar-refractivity contribution in [1.29, 1.82) is 0 Å². The van der Waals surface area contributed by atoms with Crippen LogP contribution in [0, 0.1) is 11.8 Å². The van der Waals surface area contributed by atoms with Crippen LogP contribution in [0.1, 0.15) is 5.56 Å². The maximum absolute atomic E-state index is 5.76. The SMILES string of the molecule is C(#CC1COc2ccccc2O1)c1ccccc1. The number of benzene rings is 2. The molecular formula is C16H12O2. The topological polar surface area (TPSA) is 18.5 Å². The first-order chi connectivity index (χ1) is 8.92. The van der Waals surface area contributed by atoms with Crippen molar-refractivity contribution in [2.24, 2.45) is 0 Å². The van der Waals surface area contributed by atoms with Crippen molar-refractivity contribution in [3.8, 4) is 23.3 Å². The molecule has 2 aromatic carbocycles. The van der Waals surface area contributed by atoms with Crippen molar-refractivity contribution in [2.45, 2.75) is 6.10 Å². The van der Waals surface area contributed by atoms with E-state index < -0.39 is 0 Å². The Labute approximate surface area is 106 Å². The maximum Gasteiger partial charge on any atom is 0.193 e. The third-order valence-electron chi connectivity index (χ3n) is 2.66. The second-order valence-electron chi connectivity index (χ2n) is 4.00. The van der Waals surface area contributed by atoms with Gasteiger partial charge in [-0.3, -0.25) is 0 Å². The summed E-state index contributed by atoms with van der Waals surface area (Å²) in [5, 5.41) is 0. The Balaban J connectivity index is 1.76. The van der Waals surface area contributed by atoms with Gasteiger partial charge in [-0.05, 0) is 30.2 Å². The molecule has 1 heterocycles. The number of fused-ring (bicyclic) bond motifs is 1. The molecular weight excluding hydrogens is 224 g/mol. The van der Waals surface area contributed by atoms with Gasteiger partial charge in [-0.2, -0.15) is 0 Å². The maximum atomic E-state index is 5.76. The number of ether oxygens (including phenoxy) is 2. The van der Waals surface area contributed by atoms with Gasteiger partial charge in [-0.25, -0.2) is 0 Å². The number of hydrogen-bond donors (Lipinski definition) is 0. The van der Waals surface area contributed by atoms with Crippen molar-refractivity contribution in [1.82, 2.24) is 0 Å². The molecule has 0 fully saturated rings. The molecule has 0 spiro atoms. The van der Waals surface area contributed by atoms with E-state index in [4.69, 9.17) is 9.47 Å². The Hall–Kier alpha value is -2.40. The van der Waals surface area contributed by atoms with Crippen molar-refractivity contribution < 1.29 is 9.47 Å². The van der Waals surface area contributed by atoms with Gasteiger partial charge in [0.2, 0.25) is 0 Å². The molecule has 0 saturated heterocycles. The van der Waals surface area contributed by atoms with Crippen LogP contribution in [0.5, 0.6) is 11.5 Å². The lowest BCUT2D eigenvalue weighted by molar-refractivity contribution is 0.129. The highest BCUT2D eigenvalue weighted by atomic mass is 16.6. The third kappa shape index (κ3) is 2.31. The van der Waals surface area contributed by atoms with Crippen LogP contribution in [0.2, 0.25) is 0 Å². The van der Waals surface area contributed by atoms with Crippen LogP contribution >= 0.6 is 0 Å². The number of para-hydroxylation sites is 2. The average molecular weight is 236 g/mol. The summed E-state index contributed by atoms with van der Waals surface area (Å²) in [6.07, 6.45) is -0.208. The summed E-state index contributed by atoms with van der Waals surface area (Å²) in [5.41, 5.74) is 0.986. The minimum absolute atomic E-state index is 0.208. The van der Waals surface area contributed by atoms with Crippen LogP contribution in [0.15, 0.2) is 54.6 Å². The highest BCUT2D eigenvalue weighted by Crippen LogP contribution is 2.30. The standard InChI is InChI=1S/C16H12O2/c1-2-6-13(7-3-1)10-11-14-12-17-15-8-4-5-9-16(15)18-14/h1-9,14H,12H2. The lowest BCUT2D eigenvalue weighted by atomic mass is 10.2. The monoisotopic (exact) mass is 236 g/mol. The number of rotatable bonds is 0. The number of hydrogen-bond acceptors (Lipinski definition) is 2. The summed E-state index contributed by atoms with van der Waals surface area (Å²) in [5.74, 6) is 7.72. The molecule has 1 atom stereocenters. The molecule has 2 nitrogen and oxygen atoms in total. The van der Waals surface area contributed by atoms with E-state index in [1.165, 1.54) is 0 Å². The van der Waals surface area contributed by atoms with Crippen LogP contribution in [0.4, 0.5) is 0 Å². The normalized spacial score (nSPS) is 16.6. The van der Waals surface area contributed by atoms with Crippen LogP contribution in [0.25, 0.3) is 0 Å². The largest absolute Gasteiger partial charge is 0.485 e. The Morgan fingerprint density at radius 1 is 0.889 bits per heavy atom. The zero-order valence-corrected chi connectivity index (χ0v) is 9.80. The molecule has 1 aliphatic rings. The van der Waals surface area contributed by atoms with Gasteiger partial charge < -0.3 is 9.47 Å². The van der Waals surface area contributed by atoms with Crippen molar-refractivity contribution >= 4 is 0 Å². The molecule has 2 aromatic rings. The van der Waals surface area contributed by atoms with E-state index in [0.717, 1.165) is 17.1 Å². The van der Waals surface area contributed by atoms with E-state index in [-0.39, 0.29) is 6.10 Å². The summed E-state index contributed by atoms with van der Waals surface area (Å²) in [7, 11) is 0. The molecule has 1 aliphatic heterocycles. The Morgan fingerprint density at radius 2 is 1.61 bits per heavy atom. The highest BCUT2D eigenvalue weighted by Gasteiger charge is 2.17. The molecule has 1 unspecified atom stereocenters. The average Bonchev–Trinajstić information content (AvgIpc) is 2.46. The Morgan fingerprint density at radius 3 is 2.44 bits per heavy atom. The van der Waals surface area contributed by atoms with Gasteiger partial charge in [0.25, 0.3) is 0 Å². The lowest BCUT2D eigenvalue weighted by Gasteiger charge is -2.22. The molecule has 2 heteroatoms. The molecule has 0 aliphatic carbocycles. The molecule has 0 radical (unpaired) electrons. The van der Waals surface area contributed by atoms with Gasteiger partial charge in [0.15, 0.2) is 17.6 Å². The lowest BCUT2D eigenvalue weighted by Crippen LogP contribution is -2.27. The van der Waals surface area contributed by atoms with Gasteiger partial charge >= 0.3 is 0 Å². The summed E-state index contributed by atoms with van der Waals surface area (Å²) >= 11 is 0. The van der Waals surface area contributed by atoms with Gasteiger partial charge in [0, 0.05) is 5.56 Å². The van der Waals surface area contributed by atoms with Crippen LogP contribution < -0.4 is 9.47 Å². The molecule has 18 heavy (non-hydrogen) atoms. The van der Waals surface area contributed by atoms with Gasteiger partial charge in [-0.1, -0.05) is 36.3 Å². The van der Waals surface area contributed by atoms with E-state index in [9.17, 15) is 0 Å². The Bertz CT molecular complexity index is 593. The fraction of sp³-hybridized carbons (Fsp3) is 0.125. The first-order valence-corrected chi connectivity index (χ1v) is 5.87. The minimum Gasteiger partial charge on any atom is -0.485 e. The van der Waals surface area contributed by atoms with E-state index in [1.807, 2.05) is 54.6 Å². The quantitative estimate of drug-likeness (QED) is 0.655. The fourth-order valence-corrected chi connectivity index (χ4v) is 1.78. The predicted molar refractivity (Wildman–Crippen MR) is 69.7 cm³/mol. The van der Waals surface area contributed by atoms with E-state index in [0.29, 0.717) is 6.61 Å². The molecule has 0 amide bonds. The van der Waals surface area contributed by atoms with E-state index >= 15 is 0 Å². The highest BCUT2D eigenvalue weighted by molar-refractivity contribution is 5.42. The zero-order chi connectivity index (χ0) is 12.2. The van der Waals surface area contributed by atoms with Crippen molar-refractivity contribution in [3.05, 3.63) is 60.2 Å². The molecule has 3 rings (SSSR count). The fourth-order valence-electron chi connectivity index (χ4n) is 1.78. The predicted octanol–water partition coefficient (Wildman–Crippen LogP) is 2.88. The molecule has 0 saturated carbocycles. The van der Waals surface area contributed by atoms with Crippen LogP contribution in [0.3, 0.4) is 0 Å². The third-order valence-corrected chi connectivity index (χ3v) is 2.66. The summed E-state index contributed by atoms with van der Waals surface area (Å²) in [6.45, 7) is 0.469. The van der Waals surface area contributed by atoms with E-state index in [2.05, 4.69) is 11.8 Å². The smallest absolute Gasteiger partial charge is 0.193 e. The van der Waals surface area contributed by atoms with Crippen LogP contribution in [-0.4, -0.2) is 12.7 Å². The molecule has 88 valence electrons.